The minimum absolute atomic E-state index is 0.436. The second kappa shape index (κ2) is 4.65. The van der Waals surface area contributed by atoms with Crippen molar-refractivity contribution in [2.75, 3.05) is 0 Å². The zero-order chi connectivity index (χ0) is 11.5. The van der Waals surface area contributed by atoms with Crippen molar-refractivity contribution < 1.29 is 9.26 Å². The van der Waals surface area contributed by atoms with Gasteiger partial charge < -0.3 is 9.26 Å². The van der Waals surface area contributed by atoms with Crippen LogP contribution in [0, 0.1) is 13.8 Å². The average Bonchev–Trinajstić information content (AvgIpc) is 2.58. The number of halogens is 1. The van der Waals surface area contributed by atoms with Crippen molar-refractivity contribution in [1.29, 1.82) is 0 Å². The van der Waals surface area contributed by atoms with Crippen LogP contribution in [0.15, 0.2) is 27.5 Å². The summed E-state index contributed by atoms with van der Waals surface area (Å²) in [7, 11) is 0. The molecular weight excluding hydrogens is 272 g/mol. The molecule has 2 rings (SSSR count). The molecule has 0 N–H and O–H groups in total. The number of hydrogen-bond donors (Lipinski definition) is 0. The fourth-order valence-corrected chi connectivity index (χ4v) is 1.70. The lowest BCUT2D eigenvalue weighted by Gasteiger charge is -2.06. The van der Waals surface area contributed by atoms with Crippen LogP contribution in [-0.2, 0) is 6.61 Å². The Balaban J connectivity index is 2.11. The first-order valence-electron chi connectivity index (χ1n) is 4.83. The summed E-state index contributed by atoms with van der Waals surface area (Å²) in [5.41, 5.74) is 1.84. The van der Waals surface area contributed by atoms with E-state index in [0.29, 0.717) is 17.0 Å². The molecule has 0 spiro atoms. The predicted octanol–water partition coefficient (Wildman–Crippen LogP) is 3.03. The Labute approximate surface area is 102 Å². The van der Waals surface area contributed by atoms with Crippen molar-refractivity contribution in [3.05, 3.63) is 40.0 Å². The van der Waals surface area contributed by atoms with Crippen LogP contribution in [0.2, 0.25) is 0 Å². The quantitative estimate of drug-likeness (QED) is 0.812. The van der Waals surface area contributed by atoms with Crippen molar-refractivity contribution >= 4 is 15.9 Å². The van der Waals surface area contributed by atoms with Gasteiger partial charge in [0.25, 0.3) is 0 Å². The van der Waals surface area contributed by atoms with E-state index in [9.17, 15) is 0 Å². The summed E-state index contributed by atoms with van der Waals surface area (Å²) < 4.78 is 11.4. The van der Waals surface area contributed by atoms with Gasteiger partial charge in [0.15, 0.2) is 5.75 Å². The highest BCUT2D eigenvalue weighted by molar-refractivity contribution is 9.10. The monoisotopic (exact) mass is 282 g/mol. The van der Waals surface area contributed by atoms with Crippen molar-refractivity contribution in [3.8, 4) is 5.75 Å². The van der Waals surface area contributed by atoms with Crippen LogP contribution in [0.25, 0.3) is 0 Å². The highest BCUT2D eigenvalue weighted by Gasteiger charge is 2.10. The summed E-state index contributed by atoms with van der Waals surface area (Å²) in [6.45, 7) is 4.20. The molecule has 2 heterocycles. The number of hydrogen-bond acceptors (Lipinski definition) is 4. The maximum absolute atomic E-state index is 5.63. The first-order valence-corrected chi connectivity index (χ1v) is 5.63. The summed E-state index contributed by atoms with van der Waals surface area (Å²) in [5.74, 6) is 1.50. The third-order valence-electron chi connectivity index (χ3n) is 2.28. The first kappa shape index (κ1) is 11.1. The van der Waals surface area contributed by atoms with Gasteiger partial charge in [-0.2, -0.15) is 0 Å². The van der Waals surface area contributed by atoms with Crippen molar-refractivity contribution in [2.45, 2.75) is 20.5 Å². The molecule has 0 saturated carbocycles. The highest BCUT2D eigenvalue weighted by atomic mass is 79.9. The van der Waals surface area contributed by atoms with Crippen LogP contribution < -0.4 is 4.74 Å². The topological polar surface area (TPSA) is 48.2 Å². The van der Waals surface area contributed by atoms with Crippen LogP contribution in [0.4, 0.5) is 0 Å². The summed E-state index contributed by atoms with van der Waals surface area (Å²) in [6, 6.07) is 3.68. The summed E-state index contributed by atoms with van der Waals surface area (Å²) in [6.07, 6.45) is 1.70. The Bertz CT molecular complexity index is 477. The molecular formula is C11H11BrN2O2. The number of nitrogens with zero attached hydrogens (tertiary/aromatic N) is 2. The molecule has 5 heteroatoms. The molecule has 0 unspecified atom stereocenters. The van der Waals surface area contributed by atoms with Crippen LogP contribution in [0.1, 0.15) is 17.0 Å². The third-order valence-corrected chi connectivity index (χ3v) is 2.87. The molecule has 2 aromatic heterocycles. The maximum atomic E-state index is 5.63. The average molecular weight is 283 g/mol. The van der Waals surface area contributed by atoms with Crippen LogP contribution >= 0.6 is 15.9 Å². The molecule has 16 heavy (non-hydrogen) atoms. The first-order chi connectivity index (χ1) is 7.68. The molecule has 0 aliphatic rings. The number of ether oxygens (including phenoxy) is 1. The Morgan fingerprint density at radius 2 is 2.25 bits per heavy atom. The molecule has 0 aromatic carbocycles. The Morgan fingerprint density at radius 3 is 2.88 bits per heavy atom. The Hall–Kier alpha value is -1.36. The van der Waals surface area contributed by atoms with Crippen molar-refractivity contribution in [1.82, 2.24) is 10.1 Å². The van der Waals surface area contributed by atoms with E-state index in [1.165, 1.54) is 0 Å². The Kier molecular flexibility index (Phi) is 3.24. The fraction of sp³-hybridized carbons (Fsp3) is 0.273. The van der Waals surface area contributed by atoms with Crippen LogP contribution in [-0.4, -0.2) is 10.1 Å². The van der Waals surface area contributed by atoms with Gasteiger partial charge in [0.05, 0.1) is 11.3 Å². The molecule has 0 saturated heterocycles. The van der Waals surface area contributed by atoms with E-state index < -0.39 is 0 Å². The van der Waals surface area contributed by atoms with Gasteiger partial charge in [0.2, 0.25) is 0 Å². The molecule has 0 amide bonds. The number of rotatable bonds is 3. The molecule has 0 bridgehead atoms. The second-order valence-corrected chi connectivity index (χ2v) is 4.13. The van der Waals surface area contributed by atoms with Gasteiger partial charge in [-0.1, -0.05) is 5.16 Å². The third kappa shape index (κ3) is 2.24. The van der Waals surface area contributed by atoms with E-state index in [1.807, 2.05) is 26.0 Å². The van der Waals surface area contributed by atoms with Gasteiger partial charge in [-0.05, 0) is 41.9 Å². The smallest absolute Gasteiger partial charge is 0.152 e. The molecule has 84 valence electrons. The normalized spacial score (nSPS) is 10.4. The zero-order valence-electron chi connectivity index (χ0n) is 9.03. The van der Waals surface area contributed by atoms with E-state index in [0.717, 1.165) is 17.0 Å². The maximum Gasteiger partial charge on any atom is 0.152 e. The van der Waals surface area contributed by atoms with E-state index in [1.54, 1.807) is 6.20 Å². The number of aryl methyl sites for hydroxylation is 2. The minimum Gasteiger partial charge on any atom is -0.486 e. The fourth-order valence-electron chi connectivity index (χ4n) is 1.34. The molecule has 0 radical (unpaired) electrons. The van der Waals surface area contributed by atoms with Crippen LogP contribution in [0.5, 0.6) is 5.75 Å². The molecule has 0 aliphatic carbocycles. The largest absolute Gasteiger partial charge is 0.486 e. The van der Waals surface area contributed by atoms with E-state index in [-0.39, 0.29) is 0 Å². The molecule has 0 aliphatic heterocycles. The number of pyridine rings is 1. The summed E-state index contributed by atoms with van der Waals surface area (Å²) >= 11 is 3.32. The summed E-state index contributed by atoms with van der Waals surface area (Å²) in [5, 5.41) is 3.87. The summed E-state index contributed by atoms with van der Waals surface area (Å²) in [4.78, 5) is 4.08. The van der Waals surface area contributed by atoms with Gasteiger partial charge in [0, 0.05) is 6.20 Å². The number of aromatic nitrogens is 2. The zero-order valence-corrected chi connectivity index (χ0v) is 10.6. The predicted molar refractivity (Wildman–Crippen MR) is 62.2 cm³/mol. The van der Waals surface area contributed by atoms with Gasteiger partial charge in [0.1, 0.15) is 17.0 Å². The van der Waals surface area contributed by atoms with Gasteiger partial charge >= 0.3 is 0 Å². The van der Waals surface area contributed by atoms with Crippen molar-refractivity contribution in [3.63, 3.8) is 0 Å². The van der Waals surface area contributed by atoms with E-state index >= 15 is 0 Å². The van der Waals surface area contributed by atoms with Gasteiger partial charge in [-0.25, -0.2) is 4.98 Å². The molecule has 2 aromatic rings. The standard InChI is InChI=1S/C11H11BrN2O2/c1-7-9(8(2)16-14-7)6-15-10-4-3-5-13-11(10)12/h3-5H,6H2,1-2H3. The van der Waals surface area contributed by atoms with Gasteiger partial charge in [-0.3, -0.25) is 0 Å². The second-order valence-electron chi connectivity index (χ2n) is 3.38. The molecule has 0 fully saturated rings. The molecule has 0 atom stereocenters. The van der Waals surface area contributed by atoms with Crippen LogP contribution in [0.3, 0.4) is 0 Å². The van der Waals surface area contributed by atoms with Crippen molar-refractivity contribution in [2.24, 2.45) is 0 Å². The SMILES string of the molecule is Cc1noc(C)c1COc1cccnc1Br. The lowest BCUT2D eigenvalue weighted by Crippen LogP contribution is -1.98. The van der Waals surface area contributed by atoms with Gasteiger partial charge in [-0.15, -0.1) is 0 Å². The minimum atomic E-state index is 0.436. The lowest BCUT2D eigenvalue weighted by atomic mass is 10.2. The lowest BCUT2D eigenvalue weighted by molar-refractivity contribution is 0.298. The van der Waals surface area contributed by atoms with E-state index in [4.69, 9.17) is 9.26 Å². The Morgan fingerprint density at radius 1 is 1.44 bits per heavy atom. The highest BCUT2D eigenvalue weighted by Crippen LogP contribution is 2.23. The van der Waals surface area contributed by atoms with E-state index in [2.05, 4.69) is 26.1 Å². The molecule has 4 nitrogen and oxygen atoms in total.